The van der Waals surface area contributed by atoms with Crippen molar-refractivity contribution in [3.8, 4) is 5.75 Å². The molecule has 0 aliphatic heterocycles. The first-order chi connectivity index (χ1) is 9.72. The van der Waals surface area contributed by atoms with Gasteiger partial charge < -0.3 is 4.74 Å². The molecule has 0 atom stereocenters. The first-order valence-corrected chi connectivity index (χ1v) is 6.84. The van der Waals surface area contributed by atoms with Crippen molar-refractivity contribution in [3.63, 3.8) is 0 Å². The maximum absolute atomic E-state index is 5.93. The highest BCUT2D eigenvalue weighted by Crippen LogP contribution is 2.25. The molecular formula is C17H14ClNO. The van der Waals surface area contributed by atoms with Crippen LogP contribution in [0.25, 0.3) is 10.9 Å². The molecule has 3 heteroatoms. The first-order valence-electron chi connectivity index (χ1n) is 6.46. The lowest BCUT2D eigenvalue weighted by atomic mass is 10.1. The molecule has 1 heterocycles. The van der Waals surface area contributed by atoms with Gasteiger partial charge in [0.2, 0.25) is 0 Å². The minimum absolute atomic E-state index is 0.513. The smallest absolute Gasteiger partial charge is 0.129 e. The van der Waals surface area contributed by atoms with Crippen LogP contribution in [0.15, 0.2) is 54.6 Å². The Morgan fingerprint density at radius 2 is 1.85 bits per heavy atom. The number of benzene rings is 2. The van der Waals surface area contributed by atoms with Crippen LogP contribution in [-0.2, 0) is 6.61 Å². The Balaban J connectivity index is 1.87. The van der Waals surface area contributed by atoms with Gasteiger partial charge in [-0.25, -0.2) is 4.98 Å². The molecule has 0 unspecified atom stereocenters. The standard InChI is InChI=1S/C17H14ClNO/c1-12-9-15(20-11-13-5-3-2-4-6-13)10-14-7-8-16(18)19-17(12)14/h2-10H,11H2,1H3. The predicted molar refractivity (Wildman–Crippen MR) is 82.3 cm³/mol. The zero-order valence-electron chi connectivity index (χ0n) is 11.1. The van der Waals surface area contributed by atoms with Crippen molar-refractivity contribution in [3.05, 3.63) is 70.9 Å². The minimum Gasteiger partial charge on any atom is -0.489 e. The van der Waals surface area contributed by atoms with Crippen LogP contribution in [0, 0.1) is 6.92 Å². The fraction of sp³-hybridized carbons (Fsp3) is 0.118. The number of ether oxygens (including phenoxy) is 1. The molecule has 2 nitrogen and oxygen atoms in total. The molecule has 0 aliphatic rings. The molecule has 20 heavy (non-hydrogen) atoms. The Bertz CT molecular complexity index is 741. The van der Waals surface area contributed by atoms with E-state index in [0.717, 1.165) is 27.8 Å². The van der Waals surface area contributed by atoms with Gasteiger partial charge in [-0.1, -0.05) is 41.9 Å². The van der Waals surface area contributed by atoms with Gasteiger partial charge in [0.25, 0.3) is 0 Å². The second-order valence-electron chi connectivity index (χ2n) is 4.72. The van der Waals surface area contributed by atoms with Crippen molar-refractivity contribution in [1.29, 1.82) is 0 Å². The predicted octanol–water partition coefficient (Wildman–Crippen LogP) is 4.78. The number of pyridine rings is 1. The Morgan fingerprint density at radius 3 is 2.65 bits per heavy atom. The van der Waals surface area contributed by atoms with Gasteiger partial charge in [0.15, 0.2) is 0 Å². The van der Waals surface area contributed by atoms with Crippen LogP contribution in [0.1, 0.15) is 11.1 Å². The SMILES string of the molecule is Cc1cc(OCc2ccccc2)cc2ccc(Cl)nc12. The summed E-state index contributed by atoms with van der Waals surface area (Å²) in [5.74, 6) is 0.850. The number of rotatable bonds is 3. The molecule has 1 aromatic heterocycles. The molecule has 0 N–H and O–H groups in total. The second-order valence-corrected chi connectivity index (χ2v) is 5.11. The number of hydrogen-bond donors (Lipinski definition) is 0. The van der Waals surface area contributed by atoms with Crippen LogP contribution in [0.4, 0.5) is 0 Å². The van der Waals surface area contributed by atoms with Crippen LogP contribution in [0.3, 0.4) is 0 Å². The lowest BCUT2D eigenvalue weighted by Gasteiger charge is -2.09. The molecule has 0 fully saturated rings. The van der Waals surface area contributed by atoms with Gasteiger partial charge in [0.05, 0.1) is 5.52 Å². The maximum Gasteiger partial charge on any atom is 0.129 e. The molecule has 0 saturated heterocycles. The highest BCUT2D eigenvalue weighted by molar-refractivity contribution is 6.29. The van der Waals surface area contributed by atoms with Crippen LogP contribution in [0.5, 0.6) is 5.75 Å². The molecule has 0 radical (unpaired) electrons. The van der Waals surface area contributed by atoms with Gasteiger partial charge >= 0.3 is 0 Å². The van der Waals surface area contributed by atoms with Crippen molar-refractivity contribution in [2.45, 2.75) is 13.5 Å². The molecule has 0 saturated carbocycles. The highest BCUT2D eigenvalue weighted by Gasteiger charge is 2.04. The minimum atomic E-state index is 0.513. The monoisotopic (exact) mass is 283 g/mol. The van der Waals surface area contributed by atoms with E-state index < -0.39 is 0 Å². The molecule has 0 amide bonds. The Morgan fingerprint density at radius 1 is 1.05 bits per heavy atom. The van der Waals surface area contributed by atoms with Crippen LogP contribution in [-0.4, -0.2) is 4.98 Å². The van der Waals surface area contributed by atoms with E-state index >= 15 is 0 Å². The molecule has 3 aromatic rings. The van der Waals surface area contributed by atoms with Crippen molar-refractivity contribution < 1.29 is 4.74 Å². The second kappa shape index (κ2) is 5.51. The molecule has 2 aromatic carbocycles. The number of nitrogens with zero attached hydrogens (tertiary/aromatic N) is 1. The number of hydrogen-bond acceptors (Lipinski definition) is 2. The van der Waals surface area contributed by atoms with Crippen LogP contribution >= 0.6 is 11.6 Å². The van der Waals surface area contributed by atoms with Gasteiger partial charge in [-0.05, 0) is 42.3 Å². The topological polar surface area (TPSA) is 22.1 Å². The summed E-state index contributed by atoms with van der Waals surface area (Å²) in [6.07, 6.45) is 0. The third-order valence-electron chi connectivity index (χ3n) is 3.17. The molecule has 0 bridgehead atoms. The molecule has 0 spiro atoms. The molecular weight excluding hydrogens is 270 g/mol. The van der Waals surface area contributed by atoms with E-state index in [4.69, 9.17) is 16.3 Å². The lowest BCUT2D eigenvalue weighted by molar-refractivity contribution is 0.306. The van der Waals surface area contributed by atoms with Gasteiger partial charge in [-0.15, -0.1) is 0 Å². The van der Waals surface area contributed by atoms with E-state index in [0.29, 0.717) is 11.8 Å². The van der Waals surface area contributed by atoms with E-state index in [1.54, 1.807) is 6.07 Å². The summed E-state index contributed by atoms with van der Waals surface area (Å²) >= 11 is 5.93. The zero-order chi connectivity index (χ0) is 13.9. The molecule has 0 aliphatic carbocycles. The summed E-state index contributed by atoms with van der Waals surface area (Å²) in [6.45, 7) is 2.58. The van der Waals surface area contributed by atoms with Crippen LogP contribution < -0.4 is 4.74 Å². The van der Waals surface area contributed by atoms with Crippen molar-refractivity contribution >= 4 is 22.5 Å². The largest absolute Gasteiger partial charge is 0.489 e. The van der Waals surface area contributed by atoms with E-state index in [-0.39, 0.29) is 0 Å². The summed E-state index contributed by atoms with van der Waals surface area (Å²) in [5.41, 5.74) is 3.14. The average Bonchev–Trinajstić information content (AvgIpc) is 2.47. The number of fused-ring (bicyclic) bond motifs is 1. The van der Waals surface area contributed by atoms with E-state index in [1.165, 1.54) is 0 Å². The fourth-order valence-electron chi connectivity index (χ4n) is 2.18. The number of aromatic nitrogens is 1. The third kappa shape index (κ3) is 2.75. The summed E-state index contributed by atoms with van der Waals surface area (Å²) in [6, 6.07) is 17.9. The highest BCUT2D eigenvalue weighted by atomic mass is 35.5. The Hall–Kier alpha value is -2.06. The number of aryl methyl sites for hydroxylation is 1. The normalized spacial score (nSPS) is 10.7. The van der Waals surface area contributed by atoms with Gasteiger partial charge in [-0.2, -0.15) is 0 Å². The van der Waals surface area contributed by atoms with E-state index in [9.17, 15) is 0 Å². The van der Waals surface area contributed by atoms with Crippen LogP contribution in [0.2, 0.25) is 5.15 Å². The molecule has 3 rings (SSSR count). The van der Waals surface area contributed by atoms with E-state index in [1.807, 2.05) is 43.3 Å². The quantitative estimate of drug-likeness (QED) is 0.646. The zero-order valence-corrected chi connectivity index (χ0v) is 11.9. The fourth-order valence-corrected chi connectivity index (χ4v) is 2.33. The van der Waals surface area contributed by atoms with Gasteiger partial charge in [0.1, 0.15) is 17.5 Å². The Labute approximate surface area is 123 Å². The van der Waals surface area contributed by atoms with Crippen molar-refractivity contribution in [2.75, 3.05) is 0 Å². The molecule has 100 valence electrons. The van der Waals surface area contributed by atoms with E-state index in [2.05, 4.69) is 17.1 Å². The lowest BCUT2D eigenvalue weighted by Crippen LogP contribution is -1.96. The summed E-state index contributed by atoms with van der Waals surface area (Å²) < 4.78 is 5.85. The Kier molecular flexibility index (Phi) is 3.57. The maximum atomic E-state index is 5.93. The summed E-state index contributed by atoms with van der Waals surface area (Å²) in [7, 11) is 0. The first kappa shape index (κ1) is 12.9. The summed E-state index contributed by atoms with van der Waals surface area (Å²) in [4.78, 5) is 4.34. The van der Waals surface area contributed by atoms with Crippen molar-refractivity contribution in [1.82, 2.24) is 4.98 Å². The third-order valence-corrected chi connectivity index (χ3v) is 3.38. The number of halogens is 1. The van der Waals surface area contributed by atoms with Gasteiger partial charge in [0, 0.05) is 5.39 Å². The average molecular weight is 284 g/mol. The summed E-state index contributed by atoms with van der Waals surface area (Å²) in [5, 5.41) is 1.55. The van der Waals surface area contributed by atoms with Gasteiger partial charge in [-0.3, -0.25) is 0 Å². The van der Waals surface area contributed by atoms with Crippen molar-refractivity contribution in [2.24, 2.45) is 0 Å².